The molecule has 2 aliphatic carbocycles. The van der Waals surface area contributed by atoms with E-state index in [4.69, 9.17) is 10.5 Å². The van der Waals surface area contributed by atoms with Crippen molar-refractivity contribution in [2.45, 2.75) is 56.1 Å². The van der Waals surface area contributed by atoms with Crippen LogP contribution in [0.25, 0.3) is 0 Å². The Morgan fingerprint density at radius 2 is 1.92 bits per heavy atom. The molecule has 0 unspecified atom stereocenters. The Hall–Kier alpha value is -1.30. The van der Waals surface area contributed by atoms with Gasteiger partial charge in [-0.2, -0.15) is 0 Å². The zero-order valence-electron chi connectivity index (χ0n) is 14.7. The fourth-order valence-electron chi connectivity index (χ4n) is 4.23. The van der Waals surface area contributed by atoms with Gasteiger partial charge in [-0.15, -0.1) is 12.4 Å². The molecule has 2 aliphatic rings. The minimum atomic E-state index is -0.553. The van der Waals surface area contributed by atoms with Gasteiger partial charge in [0.05, 0.1) is 13.2 Å². The summed E-state index contributed by atoms with van der Waals surface area (Å²) >= 11 is 0. The topological polar surface area (TPSA) is 84.6 Å². The van der Waals surface area contributed by atoms with Crippen LogP contribution in [0.3, 0.4) is 0 Å². The summed E-state index contributed by atoms with van der Waals surface area (Å²) in [5, 5.41) is 12.9. The molecule has 1 aromatic rings. The Balaban J connectivity index is 0.00000225. The van der Waals surface area contributed by atoms with Gasteiger partial charge in [-0.25, -0.2) is 0 Å². The van der Waals surface area contributed by atoms with Gasteiger partial charge in [0, 0.05) is 23.9 Å². The van der Waals surface area contributed by atoms with Crippen LogP contribution in [-0.4, -0.2) is 36.8 Å². The van der Waals surface area contributed by atoms with Gasteiger partial charge in [-0.05, 0) is 43.4 Å². The third-order valence-corrected chi connectivity index (χ3v) is 5.81. The molecule has 2 fully saturated rings. The number of halogens is 1. The van der Waals surface area contributed by atoms with Gasteiger partial charge in [0.2, 0.25) is 5.91 Å². The first-order chi connectivity index (χ1) is 11.5. The number of methoxy groups -OCH3 is 1. The number of amides is 1. The molecule has 1 amide bonds. The monoisotopic (exact) mass is 368 g/mol. The Bertz CT molecular complexity index is 563. The van der Waals surface area contributed by atoms with Crippen LogP contribution in [0.2, 0.25) is 0 Å². The number of carbonyl (C=O) groups excluding carboxylic acids is 1. The van der Waals surface area contributed by atoms with E-state index in [1.54, 1.807) is 7.11 Å². The third kappa shape index (κ3) is 4.27. The predicted octanol–water partition coefficient (Wildman–Crippen LogP) is 2.14. The number of benzene rings is 1. The highest BCUT2D eigenvalue weighted by molar-refractivity contribution is 5.85. The zero-order valence-corrected chi connectivity index (χ0v) is 15.6. The molecule has 0 heterocycles. The summed E-state index contributed by atoms with van der Waals surface area (Å²) in [5.41, 5.74) is 7.11. The molecule has 0 radical (unpaired) electrons. The predicted molar refractivity (Wildman–Crippen MR) is 100 cm³/mol. The second-order valence-corrected chi connectivity index (χ2v) is 7.33. The standard InChI is InChI=1S/C19H28N2O3.ClH/c1-24-15-6-4-14(5-7-15)19(8-2-3-9-19)12-21-18(23)13-10-16(20)17(22)11-13;/h4-7,13,16-17,22H,2-3,8-12,20H2,1H3,(H,21,23);1H/t13-,16+,17+;/m0./s1. The maximum Gasteiger partial charge on any atom is 0.223 e. The van der Waals surface area contributed by atoms with Gasteiger partial charge in [0.1, 0.15) is 5.75 Å². The van der Waals surface area contributed by atoms with Crippen molar-refractivity contribution in [3.8, 4) is 5.75 Å². The molecule has 140 valence electrons. The molecule has 4 N–H and O–H groups in total. The van der Waals surface area contributed by atoms with Crippen LogP contribution in [-0.2, 0) is 10.2 Å². The molecule has 0 spiro atoms. The molecule has 3 rings (SSSR count). The van der Waals surface area contributed by atoms with Crippen LogP contribution < -0.4 is 15.8 Å². The molecule has 0 aromatic heterocycles. The van der Waals surface area contributed by atoms with E-state index in [0.29, 0.717) is 19.4 Å². The minimum Gasteiger partial charge on any atom is -0.497 e. The molecule has 5 nitrogen and oxygen atoms in total. The maximum absolute atomic E-state index is 12.5. The van der Waals surface area contributed by atoms with E-state index >= 15 is 0 Å². The van der Waals surface area contributed by atoms with Crippen molar-refractivity contribution in [3.05, 3.63) is 29.8 Å². The van der Waals surface area contributed by atoms with Crippen molar-refractivity contribution in [1.82, 2.24) is 5.32 Å². The fraction of sp³-hybridized carbons (Fsp3) is 0.632. The summed E-state index contributed by atoms with van der Waals surface area (Å²) in [7, 11) is 1.67. The van der Waals surface area contributed by atoms with E-state index in [0.717, 1.165) is 18.6 Å². The molecule has 3 atom stereocenters. The van der Waals surface area contributed by atoms with E-state index in [9.17, 15) is 9.90 Å². The van der Waals surface area contributed by atoms with Gasteiger partial charge in [0.25, 0.3) is 0 Å². The average Bonchev–Trinajstić information content (AvgIpc) is 3.21. The molecular formula is C19H29ClN2O3. The quantitative estimate of drug-likeness (QED) is 0.743. The molecule has 0 aliphatic heterocycles. The van der Waals surface area contributed by atoms with Crippen LogP contribution in [0.4, 0.5) is 0 Å². The summed E-state index contributed by atoms with van der Waals surface area (Å²) in [6.45, 7) is 0.653. The van der Waals surface area contributed by atoms with E-state index in [1.807, 2.05) is 12.1 Å². The summed E-state index contributed by atoms with van der Waals surface area (Å²) in [6, 6.07) is 7.94. The SMILES string of the molecule is COc1ccc(C2(CNC(=O)[C@H]3C[C@@H](N)[C@H](O)C3)CCCC2)cc1.Cl. The normalized spacial score (nSPS) is 27.6. The smallest absolute Gasteiger partial charge is 0.223 e. The number of nitrogens with one attached hydrogen (secondary N) is 1. The van der Waals surface area contributed by atoms with Crippen molar-refractivity contribution < 1.29 is 14.6 Å². The van der Waals surface area contributed by atoms with Crippen molar-refractivity contribution >= 4 is 18.3 Å². The largest absolute Gasteiger partial charge is 0.497 e. The number of rotatable bonds is 5. The van der Waals surface area contributed by atoms with Crippen molar-refractivity contribution in [3.63, 3.8) is 0 Å². The molecule has 0 bridgehead atoms. The first-order valence-electron chi connectivity index (χ1n) is 8.90. The number of aliphatic hydroxyl groups excluding tert-OH is 1. The van der Waals surface area contributed by atoms with Crippen molar-refractivity contribution in [2.24, 2.45) is 11.7 Å². The lowest BCUT2D eigenvalue weighted by molar-refractivity contribution is -0.125. The Morgan fingerprint density at radius 1 is 1.28 bits per heavy atom. The second-order valence-electron chi connectivity index (χ2n) is 7.33. The molecule has 2 saturated carbocycles. The lowest BCUT2D eigenvalue weighted by Gasteiger charge is -2.30. The summed E-state index contributed by atoms with van der Waals surface area (Å²) in [4.78, 5) is 12.5. The van der Waals surface area contributed by atoms with Crippen LogP contribution in [0.1, 0.15) is 44.1 Å². The maximum atomic E-state index is 12.5. The van der Waals surface area contributed by atoms with Crippen LogP contribution in [0.15, 0.2) is 24.3 Å². The summed E-state index contributed by atoms with van der Waals surface area (Å²) in [6.07, 6.45) is 5.05. The Morgan fingerprint density at radius 3 is 2.44 bits per heavy atom. The number of nitrogens with two attached hydrogens (primary N) is 1. The van der Waals surface area contributed by atoms with Gasteiger partial charge >= 0.3 is 0 Å². The van der Waals surface area contributed by atoms with E-state index < -0.39 is 6.10 Å². The van der Waals surface area contributed by atoms with Crippen molar-refractivity contribution in [1.29, 1.82) is 0 Å². The van der Waals surface area contributed by atoms with Crippen LogP contribution in [0, 0.1) is 5.92 Å². The Kier molecular flexibility index (Phi) is 6.72. The lowest BCUT2D eigenvalue weighted by Crippen LogP contribution is -2.41. The van der Waals surface area contributed by atoms with E-state index in [-0.39, 0.29) is 35.7 Å². The van der Waals surface area contributed by atoms with Gasteiger partial charge in [-0.3, -0.25) is 4.79 Å². The van der Waals surface area contributed by atoms with Crippen molar-refractivity contribution in [2.75, 3.05) is 13.7 Å². The minimum absolute atomic E-state index is 0. The highest BCUT2D eigenvalue weighted by Crippen LogP contribution is 2.41. The highest BCUT2D eigenvalue weighted by Gasteiger charge is 2.38. The molecule has 1 aromatic carbocycles. The lowest BCUT2D eigenvalue weighted by atomic mass is 9.78. The summed E-state index contributed by atoms with van der Waals surface area (Å²) in [5.74, 6) is 0.718. The zero-order chi connectivity index (χ0) is 17.2. The van der Waals surface area contributed by atoms with Gasteiger partial charge in [0.15, 0.2) is 0 Å². The van der Waals surface area contributed by atoms with E-state index in [2.05, 4.69) is 17.4 Å². The molecular weight excluding hydrogens is 340 g/mol. The van der Waals surface area contributed by atoms with E-state index in [1.165, 1.54) is 18.4 Å². The summed E-state index contributed by atoms with van der Waals surface area (Å²) < 4.78 is 5.25. The number of ether oxygens (including phenoxy) is 1. The third-order valence-electron chi connectivity index (χ3n) is 5.81. The first kappa shape index (κ1) is 20.0. The fourth-order valence-corrected chi connectivity index (χ4v) is 4.23. The molecule has 0 saturated heterocycles. The second kappa shape index (κ2) is 8.39. The van der Waals surface area contributed by atoms with Crippen LogP contribution in [0.5, 0.6) is 5.75 Å². The Labute approximate surface area is 155 Å². The average molecular weight is 369 g/mol. The molecule has 25 heavy (non-hydrogen) atoms. The number of aliphatic hydroxyl groups is 1. The highest BCUT2D eigenvalue weighted by atomic mass is 35.5. The number of hydrogen-bond donors (Lipinski definition) is 3. The molecule has 6 heteroatoms. The van der Waals surface area contributed by atoms with Crippen LogP contribution >= 0.6 is 12.4 Å². The number of carbonyl (C=O) groups is 1. The first-order valence-corrected chi connectivity index (χ1v) is 8.90. The van der Waals surface area contributed by atoms with Gasteiger partial charge < -0.3 is 20.9 Å². The number of hydrogen-bond acceptors (Lipinski definition) is 4. The van der Waals surface area contributed by atoms with Gasteiger partial charge in [-0.1, -0.05) is 25.0 Å².